The number of fused-ring (bicyclic) bond motifs is 2. The van der Waals surface area contributed by atoms with Gasteiger partial charge in [0.05, 0.1) is 22.5 Å². The van der Waals surface area contributed by atoms with Crippen molar-refractivity contribution < 1.29 is 35.5 Å². The Morgan fingerprint density at radius 1 is 0.804 bits per heavy atom. The minimum Gasteiger partial charge on any atom is -0.485 e. The summed E-state index contributed by atoms with van der Waals surface area (Å²) in [7, 11) is 0. The molecule has 3 aromatic rings. The van der Waals surface area contributed by atoms with Gasteiger partial charge in [-0.1, -0.05) is 30.8 Å². The van der Waals surface area contributed by atoms with Gasteiger partial charge in [-0.3, -0.25) is 4.90 Å². The molecule has 4 nitrogen and oxygen atoms in total. The molecule has 46 heavy (non-hydrogen) atoms. The molecule has 2 heterocycles. The molecule has 2 aliphatic rings. The number of hydrogen-bond donors (Lipinski definition) is 0. The molecule has 0 saturated carbocycles. The number of nitrogens with zero attached hydrogens (tertiary/aromatic N) is 3. The van der Waals surface area contributed by atoms with Gasteiger partial charge in [-0.15, -0.1) is 0 Å². The number of halogens is 7. The fourth-order valence-electron chi connectivity index (χ4n) is 5.67. The third-order valence-corrected chi connectivity index (χ3v) is 9.88. The van der Waals surface area contributed by atoms with E-state index in [1.807, 2.05) is 29.2 Å². The maximum atomic E-state index is 14.1. The van der Waals surface area contributed by atoms with Crippen molar-refractivity contribution in [1.82, 2.24) is 9.80 Å². The summed E-state index contributed by atoms with van der Waals surface area (Å²) >= 11 is 6.82. The molecule has 0 aliphatic carbocycles. The van der Waals surface area contributed by atoms with Gasteiger partial charge < -0.3 is 14.5 Å². The molecule has 2 aliphatic heterocycles. The number of thiocarbonyl (C=S) groups is 1. The lowest BCUT2D eigenvalue weighted by atomic mass is 9.99. The second-order valence-corrected chi connectivity index (χ2v) is 13.0. The predicted molar refractivity (Wildman–Crippen MR) is 169 cm³/mol. The van der Waals surface area contributed by atoms with Crippen LogP contribution in [0.25, 0.3) is 0 Å². The lowest BCUT2D eigenvalue weighted by Crippen LogP contribution is -2.47. The monoisotopic (exact) mass is 685 g/mol. The van der Waals surface area contributed by atoms with Gasteiger partial charge >= 0.3 is 12.4 Å². The number of hydrogen-bond acceptors (Lipinski definition) is 6. The fourth-order valence-corrected chi connectivity index (χ4v) is 6.92. The largest absolute Gasteiger partial charge is 0.485 e. The number of benzene rings is 3. The van der Waals surface area contributed by atoms with E-state index in [1.165, 1.54) is 17.8 Å². The second kappa shape index (κ2) is 14.5. The smallest absolute Gasteiger partial charge is 0.416 e. The lowest BCUT2D eigenvalue weighted by molar-refractivity contribution is -0.138. The van der Waals surface area contributed by atoms with Gasteiger partial charge in [-0.2, -0.15) is 26.3 Å². The summed E-state index contributed by atoms with van der Waals surface area (Å²) in [5, 5.41) is 0.233. The molecule has 0 aromatic heterocycles. The molecule has 0 spiro atoms. The van der Waals surface area contributed by atoms with Crippen molar-refractivity contribution in [2.45, 2.75) is 41.9 Å². The van der Waals surface area contributed by atoms with Gasteiger partial charge in [0.25, 0.3) is 0 Å². The first kappa shape index (κ1) is 34.5. The van der Waals surface area contributed by atoms with Crippen LogP contribution >= 0.6 is 24.0 Å². The number of piperazine rings is 1. The third-order valence-electron chi connectivity index (χ3n) is 8.23. The summed E-state index contributed by atoms with van der Waals surface area (Å²) in [4.78, 5) is 8.39. The Morgan fingerprint density at radius 2 is 1.41 bits per heavy atom. The molecule has 0 amide bonds. The normalized spacial score (nSPS) is 16.6. The van der Waals surface area contributed by atoms with Gasteiger partial charge in [-0.25, -0.2) is 4.39 Å². The average molecular weight is 686 g/mol. The highest BCUT2D eigenvalue weighted by Crippen LogP contribution is 2.49. The van der Waals surface area contributed by atoms with E-state index in [0.29, 0.717) is 25.4 Å². The Kier molecular flexibility index (Phi) is 10.9. The Morgan fingerprint density at radius 3 is 2.11 bits per heavy atom. The molecular formula is C33H34F7N3OS2. The van der Waals surface area contributed by atoms with Crippen LogP contribution in [0.3, 0.4) is 0 Å². The van der Waals surface area contributed by atoms with E-state index in [9.17, 15) is 30.7 Å². The molecule has 1 unspecified atom stereocenters. The predicted octanol–water partition coefficient (Wildman–Crippen LogP) is 8.70. The number of para-hydroxylation sites is 1. The summed E-state index contributed by atoms with van der Waals surface area (Å²) in [5.41, 5.74) is -0.117. The van der Waals surface area contributed by atoms with Crippen LogP contribution in [-0.4, -0.2) is 67.3 Å². The van der Waals surface area contributed by atoms with Crippen LogP contribution in [0.2, 0.25) is 0 Å². The molecule has 1 atom stereocenters. The Balaban J connectivity index is 1.06. The maximum Gasteiger partial charge on any atom is 0.416 e. The van der Waals surface area contributed by atoms with Crippen molar-refractivity contribution >= 4 is 40.4 Å². The quantitative estimate of drug-likeness (QED) is 0.156. The zero-order valence-corrected chi connectivity index (χ0v) is 26.8. The van der Waals surface area contributed by atoms with Crippen LogP contribution in [0.1, 0.15) is 30.0 Å². The van der Waals surface area contributed by atoms with E-state index in [-0.39, 0.29) is 17.0 Å². The van der Waals surface area contributed by atoms with E-state index in [4.69, 9.17) is 17.0 Å². The number of rotatable bonds is 10. The SMILES string of the molecule is CC(Cc1cc(C(F)(F)F)ccc1F)C(=S)OCCN1CCN(CCCN2c3ccccc3Sc3ccc(C(F)(F)F)cc32)CC1. The highest BCUT2D eigenvalue weighted by atomic mass is 32.2. The molecule has 13 heteroatoms. The highest BCUT2D eigenvalue weighted by molar-refractivity contribution is 7.99. The van der Waals surface area contributed by atoms with Crippen LogP contribution in [0.15, 0.2) is 70.5 Å². The molecule has 0 bridgehead atoms. The van der Waals surface area contributed by atoms with E-state index >= 15 is 0 Å². The van der Waals surface area contributed by atoms with Crippen LogP contribution in [-0.2, 0) is 23.5 Å². The van der Waals surface area contributed by atoms with E-state index in [1.54, 1.807) is 13.0 Å². The molecular weight excluding hydrogens is 652 g/mol. The van der Waals surface area contributed by atoms with E-state index in [0.717, 1.165) is 78.9 Å². The fraction of sp³-hybridized carbons (Fsp3) is 0.424. The zero-order chi connectivity index (χ0) is 33.1. The number of anilines is 2. The molecule has 1 saturated heterocycles. The Hall–Kier alpha value is -2.87. The molecule has 0 radical (unpaired) electrons. The Bertz CT molecular complexity index is 1520. The summed E-state index contributed by atoms with van der Waals surface area (Å²) < 4.78 is 99.5. The Labute approximate surface area is 273 Å². The van der Waals surface area contributed by atoms with Gasteiger partial charge in [-0.05, 0) is 85.7 Å². The lowest BCUT2D eigenvalue weighted by Gasteiger charge is -2.36. The van der Waals surface area contributed by atoms with Crippen LogP contribution in [0.4, 0.5) is 42.1 Å². The first-order valence-corrected chi connectivity index (χ1v) is 16.2. The summed E-state index contributed by atoms with van der Waals surface area (Å²) in [5.74, 6) is -1.15. The van der Waals surface area contributed by atoms with Crippen LogP contribution < -0.4 is 4.90 Å². The second-order valence-electron chi connectivity index (χ2n) is 11.5. The molecule has 5 rings (SSSR count). The van der Waals surface area contributed by atoms with Gasteiger partial charge in [0.2, 0.25) is 0 Å². The van der Waals surface area contributed by atoms with Crippen molar-refractivity contribution in [3.05, 3.63) is 83.2 Å². The van der Waals surface area contributed by atoms with Crippen molar-refractivity contribution in [3.63, 3.8) is 0 Å². The van der Waals surface area contributed by atoms with Gasteiger partial charge in [0.1, 0.15) is 12.4 Å². The molecule has 1 fully saturated rings. The summed E-state index contributed by atoms with van der Waals surface area (Å²) in [6.07, 6.45) is -8.19. The zero-order valence-electron chi connectivity index (χ0n) is 25.1. The minimum absolute atomic E-state index is 0.00416. The van der Waals surface area contributed by atoms with Gasteiger partial charge in [0.15, 0.2) is 5.05 Å². The van der Waals surface area contributed by atoms with Crippen LogP contribution in [0.5, 0.6) is 0 Å². The number of ether oxygens (including phenoxy) is 1. The first-order chi connectivity index (χ1) is 21.8. The molecule has 248 valence electrons. The minimum atomic E-state index is -4.55. The summed E-state index contributed by atoms with van der Waals surface area (Å²) in [6, 6.07) is 14.1. The number of alkyl halides is 6. The standard InChI is InChI=1S/C33H34F7N3OS2/c1-22(19-23-20-24(32(35,36)37)7-9-26(23)34)31(45)44-18-17-42-15-13-41(14-16-42)11-4-12-43-27-5-2-3-6-29(27)46-30-10-8-25(21-28(30)43)33(38,39)40/h2-3,5-10,20-22H,4,11-19H2,1H3. The first-order valence-electron chi connectivity index (χ1n) is 15.0. The summed E-state index contributed by atoms with van der Waals surface area (Å²) in [6.45, 7) is 7.31. The third kappa shape index (κ3) is 8.53. The van der Waals surface area contributed by atoms with Crippen molar-refractivity contribution in [1.29, 1.82) is 0 Å². The maximum absolute atomic E-state index is 14.1. The van der Waals surface area contributed by atoms with Crippen molar-refractivity contribution in [2.75, 3.05) is 57.3 Å². The highest BCUT2D eigenvalue weighted by Gasteiger charge is 2.34. The van der Waals surface area contributed by atoms with E-state index in [2.05, 4.69) is 9.80 Å². The van der Waals surface area contributed by atoms with E-state index < -0.39 is 35.2 Å². The van der Waals surface area contributed by atoms with Crippen molar-refractivity contribution in [3.8, 4) is 0 Å². The van der Waals surface area contributed by atoms with Crippen molar-refractivity contribution in [2.24, 2.45) is 5.92 Å². The van der Waals surface area contributed by atoms with Gasteiger partial charge in [0, 0.05) is 55.0 Å². The topological polar surface area (TPSA) is 19.0 Å². The van der Waals surface area contributed by atoms with Crippen LogP contribution in [0, 0.1) is 11.7 Å². The molecule has 3 aromatic carbocycles. The molecule has 0 N–H and O–H groups in total. The average Bonchev–Trinajstić information content (AvgIpc) is 3.01.